The van der Waals surface area contributed by atoms with Gasteiger partial charge in [-0.05, 0) is 18.6 Å². The number of hydrogen-bond acceptors (Lipinski definition) is 5. The molecular weight excluding hydrogens is 244 g/mol. The number of anilines is 1. The highest BCUT2D eigenvalue weighted by atomic mass is 32.2. The van der Waals surface area contributed by atoms with Crippen LogP contribution in [0.5, 0.6) is 0 Å². The predicted octanol–water partition coefficient (Wildman–Crippen LogP) is 2.54. The Bertz CT molecular complexity index is 361. The third kappa shape index (κ3) is 3.12. The first-order valence-corrected chi connectivity index (χ1v) is 7.17. The SMILES string of the molecule is O=C(O)c1cnc(NCC2CCCCS2)s1. The van der Waals surface area contributed by atoms with E-state index in [4.69, 9.17) is 5.11 Å². The summed E-state index contributed by atoms with van der Waals surface area (Å²) in [6, 6.07) is 0. The van der Waals surface area contributed by atoms with E-state index in [9.17, 15) is 4.79 Å². The third-order valence-corrected chi connectivity index (χ3v) is 4.81. The highest BCUT2D eigenvalue weighted by Crippen LogP contribution is 2.26. The van der Waals surface area contributed by atoms with Gasteiger partial charge in [0, 0.05) is 11.8 Å². The Hall–Kier alpha value is -0.750. The molecule has 2 heterocycles. The van der Waals surface area contributed by atoms with Crippen molar-refractivity contribution in [3.8, 4) is 0 Å². The maximum absolute atomic E-state index is 10.7. The molecule has 4 nitrogen and oxygen atoms in total. The van der Waals surface area contributed by atoms with Crippen LogP contribution < -0.4 is 5.32 Å². The molecule has 1 aromatic heterocycles. The molecule has 0 bridgehead atoms. The smallest absolute Gasteiger partial charge is 0.347 e. The largest absolute Gasteiger partial charge is 0.477 e. The summed E-state index contributed by atoms with van der Waals surface area (Å²) in [7, 11) is 0. The zero-order valence-electron chi connectivity index (χ0n) is 8.81. The normalized spacial score (nSPS) is 20.6. The number of carboxylic acid groups (broad SMARTS) is 1. The Morgan fingerprint density at radius 1 is 1.62 bits per heavy atom. The Labute approximate surface area is 102 Å². The summed E-state index contributed by atoms with van der Waals surface area (Å²) in [6.07, 6.45) is 5.28. The van der Waals surface area contributed by atoms with Gasteiger partial charge in [-0.1, -0.05) is 17.8 Å². The van der Waals surface area contributed by atoms with E-state index in [1.54, 1.807) is 0 Å². The molecule has 1 unspecified atom stereocenters. The monoisotopic (exact) mass is 258 g/mol. The van der Waals surface area contributed by atoms with Gasteiger partial charge in [0.15, 0.2) is 5.13 Å². The molecular formula is C10H14N2O2S2. The van der Waals surface area contributed by atoms with Crippen LogP contribution in [0.3, 0.4) is 0 Å². The number of nitrogens with one attached hydrogen (secondary N) is 1. The minimum absolute atomic E-state index is 0.291. The van der Waals surface area contributed by atoms with Crippen LogP contribution in [0.4, 0.5) is 5.13 Å². The van der Waals surface area contributed by atoms with Gasteiger partial charge in [-0.15, -0.1) is 0 Å². The molecule has 2 rings (SSSR count). The number of hydrogen-bond donors (Lipinski definition) is 2. The average Bonchev–Trinajstić information content (AvgIpc) is 2.76. The molecule has 0 radical (unpaired) electrons. The van der Waals surface area contributed by atoms with Gasteiger partial charge in [-0.3, -0.25) is 0 Å². The van der Waals surface area contributed by atoms with Crippen LogP contribution in [0.2, 0.25) is 0 Å². The van der Waals surface area contributed by atoms with Crippen LogP contribution in [-0.2, 0) is 0 Å². The highest BCUT2D eigenvalue weighted by molar-refractivity contribution is 7.99. The number of thioether (sulfide) groups is 1. The van der Waals surface area contributed by atoms with Crippen molar-refractivity contribution < 1.29 is 9.90 Å². The van der Waals surface area contributed by atoms with Gasteiger partial charge < -0.3 is 10.4 Å². The Kier molecular flexibility index (Phi) is 4.06. The summed E-state index contributed by atoms with van der Waals surface area (Å²) < 4.78 is 0. The molecule has 1 saturated heterocycles. The lowest BCUT2D eigenvalue weighted by molar-refractivity contribution is 0.0702. The first kappa shape index (κ1) is 11.7. The van der Waals surface area contributed by atoms with Crippen LogP contribution in [0, 0.1) is 0 Å². The molecule has 1 fully saturated rings. The minimum atomic E-state index is -0.905. The van der Waals surface area contributed by atoms with Crippen LogP contribution in [0.25, 0.3) is 0 Å². The molecule has 0 saturated carbocycles. The molecule has 2 N–H and O–H groups in total. The van der Waals surface area contributed by atoms with E-state index in [0.717, 1.165) is 6.54 Å². The molecule has 1 aromatic rings. The van der Waals surface area contributed by atoms with E-state index in [-0.39, 0.29) is 0 Å². The molecule has 1 atom stereocenters. The number of carbonyl (C=O) groups is 1. The minimum Gasteiger partial charge on any atom is -0.477 e. The van der Waals surface area contributed by atoms with Crippen LogP contribution in [-0.4, -0.2) is 33.6 Å². The molecule has 6 heteroatoms. The lowest BCUT2D eigenvalue weighted by atomic mass is 10.2. The Morgan fingerprint density at radius 3 is 3.12 bits per heavy atom. The molecule has 88 valence electrons. The molecule has 0 spiro atoms. The lowest BCUT2D eigenvalue weighted by Crippen LogP contribution is -2.19. The number of carboxylic acids is 1. The Morgan fingerprint density at radius 2 is 2.50 bits per heavy atom. The van der Waals surface area contributed by atoms with Crippen molar-refractivity contribution in [1.82, 2.24) is 4.98 Å². The number of aromatic nitrogens is 1. The van der Waals surface area contributed by atoms with Gasteiger partial charge in [0.1, 0.15) is 4.88 Å². The number of aromatic carboxylic acids is 1. The van der Waals surface area contributed by atoms with Crippen molar-refractivity contribution in [1.29, 1.82) is 0 Å². The zero-order chi connectivity index (χ0) is 11.4. The summed E-state index contributed by atoms with van der Waals surface area (Å²) in [6.45, 7) is 0.886. The van der Waals surface area contributed by atoms with Crippen molar-refractivity contribution in [2.45, 2.75) is 24.5 Å². The van der Waals surface area contributed by atoms with E-state index >= 15 is 0 Å². The molecule has 0 aromatic carbocycles. The Balaban J connectivity index is 1.81. The second-order valence-electron chi connectivity index (χ2n) is 3.70. The van der Waals surface area contributed by atoms with Crippen molar-refractivity contribution in [3.63, 3.8) is 0 Å². The molecule has 1 aliphatic heterocycles. The highest BCUT2D eigenvalue weighted by Gasteiger charge is 2.14. The van der Waals surface area contributed by atoms with Gasteiger partial charge >= 0.3 is 5.97 Å². The van der Waals surface area contributed by atoms with Gasteiger partial charge in [-0.2, -0.15) is 11.8 Å². The summed E-state index contributed by atoms with van der Waals surface area (Å²) in [5.74, 6) is 0.336. The maximum atomic E-state index is 10.7. The van der Waals surface area contributed by atoms with E-state index in [2.05, 4.69) is 10.3 Å². The van der Waals surface area contributed by atoms with Gasteiger partial charge in [0.05, 0.1) is 6.20 Å². The van der Waals surface area contributed by atoms with Crippen molar-refractivity contribution >= 4 is 34.2 Å². The van der Waals surface area contributed by atoms with Crippen LogP contribution in [0.15, 0.2) is 6.20 Å². The fourth-order valence-electron chi connectivity index (χ4n) is 1.62. The summed E-state index contributed by atoms with van der Waals surface area (Å²) in [5.41, 5.74) is 0. The maximum Gasteiger partial charge on any atom is 0.347 e. The van der Waals surface area contributed by atoms with Gasteiger partial charge in [0.2, 0.25) is 0 Å². The number of rotatable bonds is 4. The second-order valence-corrected chi connectivity index (χ2v) is 6.14. The van der Waals surface area contributed by atoms with Gasteiger partial charge in [-0.25, -0.2) is 9.78 Å². The second kappa shape index (κ2) is 5.54. The van der Waals surface area contributed by atoms with Crippen molar-refractivity contribution in [2.24, 2.45) is 0 Å². The molecule has 1 aliphatic rings. The van der Waals surface area contributed by atoms with Crippen LogP contribution in [0.1, 0.15) is 28.9 Å². The third-order valence-electron chi connectivity index (χ3n) is 2.47. The fraction of sp³-hybridized carbons (Fsp3) is 0.600. The van der Waals surface area contributed by atoms with E-state index < -0.39 is 5.97 Å². The fourth-order valence-corrected chi connectivity index (χ4v) is 3.52. The van der Waals surface area contributed by atoms with E-state index in [1.807, 2.05) is 11.8 Å². The summed E-state index contributed by atoms with van der Waals surface area (Å²) >= 11 is 3.19. The van der Waals surface area contributed by atoms with Crippen molar-refractivity contribution in [2.75, 3.05) is 17.6 Å². The standard InChI is InChI=1S/C10H14N2O2S2/c13-9(14)8-6-12-10(16-8)11-5-7-3-1-2-4-15-7/h6-7H,1-5H2,(H,11,12)(H,13,14). The summed E-state index contributed by atoms with van der Waals surface area (Å²) in [4.78, 5) is 15.0. The van der Waals surface area contributed by atoms with E-state index in [1.165, 1.54) is 42.5 Å². The zero-order valence-corrected chi connectivity index (χ0v) is 10.4. The summed E-state index contributed by atoms with van der Waals surface area (Å²) in [5, 5.41) is 13.3. The number of nitrogens with zero attached hydrogens (tertiary/aromatic N) is 1. The van der Waals surface area contributed by atoms with Crippen LogP contribution >= 0.6 is 23.1 Å². The number of thiazole rings is 1. The van der Waals surface area contributed by atoms with E-state index in [0.29, 0.717) is 15.3 Å². The molecule has 0 aliphatic carbocycles. The first-order chi connectivity index (χ1) is 7.75. The van der Waals surface area contributed by atoms with Gasteiger partial charge in [0.25, 0.3) is 0 Å². The quantitative estimate of drug-likeness (QED) is 0.869. The topological polar surface area (TPSA) is 62.2 Å². The van der Waals surface area contributed by atoms with Crippen molar-refractivity contribution in [3.05, 3.63) is 11.1 Å². The predicted molar refractivity (Wildman–Crippen MR) is 67.7 cm³/mol. The molecule has 0 amide bonds. The molecule has 16 heavy (non-hydrogen) atoms. The first-order valence-electron chi connectivity index (χ1n) is 5.30. The lowest BCUT2D eigenvalue weighted by Gasteiger charge is -2.21. The average molecular weight is 258 g/mol.